The van der Waals surface area contributed by atoms with E-state index >= 15 is 0 Å². The SMILES string of the molecule is C/C=C\C(C)C(=C/C)/C(C)=C\CCC. The van der Waals surface area contributed by atoms with Crippen molar-refractivity contribution in [2.24, 2.45) is 5.92 Å². The van der Waals surface area contributed by atoms with Gasteiger partial charge in [-0.05, 0) is 38.7 Å². The normalized spacial score (nSPS) is 16.4. The fourth-order valence-electron chi connectivity index (χ4n) is 1.72. The van der Waals surface area contributed by atoms with E-state index in [1.807, 2.05) is 0 Å². The van der Waals surface area contributed by atoms with Crippen molar-refractivity contribution in [3.05, 3.63) is 35.5 Å². The van der Waals surface area contributed by atoms with Crippen molar-refractivity contribution in [3.8, 4) is 0 Å². The summed E-state index contributed by atoms with van der Waals surface area (Å²) < 4.78 is 0. The van der Waals surface area contributed by atoms with E-state index in [-0.39, 0.29) is 0 Å². The molecule has 0 rings (SSSR count). The van der Waals surface area contributed by atoms with Crippen molar-refractivity contribution in [1.82, 2.24) is 0 Å². The van der Waals surface area contributed by atoms with Crippen LogP contribution in [0.4, 0.5) is 0 Å². The van der Waals surface area contributed by atoms with E-state index in [9.17, 15) is 0 Å². The molecule has 1 unspecified atom stereocenters. The summed E-state index contributed by atoms with van der Waals surface area (Å²) in [6.45, 7) is 10.9. The van der Waals surface area contributed by atoms with Crippen LogP contribution in [0.2, 0.25) is 0 Å². The van der Waals surface area contributed by atoms with Crippen LogP contribution < -0.4 is 0 Å². The molecule has 0 nitrogen and oxygen atoms in total. The van der Waals surface area contributed by atoms with E-state index in [1.165, 1.54) is 24.0 Å². The number of rotatable bonds is 5. The van der Waals surface area contributed by atoms with Crippen molar-refractivity contribution in [2.45, 2.75) is 47.5 Å². The van der Waals surface area contributed by atoms with Crippen molar-refractivity contribution >= 4 is 0 Å². The van der Waals surface area contributed by atoms with E-state index in [0.717, 1.165) is 0 Å². The standard InChI is InChI=1S/C14H24/c1-6-9-11-13(5)14(8-3)12(4)10-7-2/h7-8,10-12H,6,9H2,1-5H3/b10-7-,13-11-,14-8-. The second kappa shape index (κ2) is 7.61. The highest BCUT2D eigenvalue weighted by atomic mass is 14.1. The Bertz CT molecular complexity index is 228. The van der Waals surface area contributed by atoms with Gasteiger partial charge in [-0.2, -0.15) is 0 Å². The molecule has 0 saturated heterocycles. The summed E-state index contributed by atoms with van der Waals surface area (Å²) >= 11 is 0. The first kappa shape index (κ1) is 13.2. The highest BCUT2D eigenvalue weighted by Gasteiger charge is 2.05. The first-order chi connectivity index (χ1) is 6.67. The summed E-state index contributed by atoms with van der Waals surface area (Å²) in [5.74, 6) is 0.540. The third-order valence-corrected chi connectivity index (χ3v) is 2.48. The molecule has 1 atom stereocenters. The van der Waals surface area contributed by atoms with E-state index in [0.29, 0.717) is 5.92 Å². The van der Waals surface area contributed by atoms with Gasteiger partial charge in [0.25, 0.3) is 0 Å². The van der Waals surface area contributed by atoms with Gasteiger partial charge in [-0.25, -0.2) is 0 Å². The predicted molar refractivity (Wildman–Crippen MR) is 66.4 cm³/mol. The molecule has 0 fully saturated rings. The molecule has 0 bridgehead atoms. The van der Waals surface area contributed by atoms with Gasteiger partial charge in [0.1, 0.15) is 0 Å². The molecule has 0 aliphatic rings. The van der Waals surface area contributed by atoms with Gasteiger partial charge in [0.15, 0.2) is 0 Å². The molecule has 80 valence electrons. The Morgan fingerprint density at radius 3 is 2.36 bits per heavy atom. The highest BCUT2D eigenvalue weighted by Crippen LogP contribution is 2.21. The quantitative estimate of drug-likeness (QED) is 0.429. The van der Waals surface area contributed by atoms with Crippen molar-refractivity contribution in [3.63, 3.8) is 0 Å². The van der Waals surface area contributed by atoms with Crippen LogP contribution in [0.5, 0.6) is 0 Å². The molecule has 0 aromatic carbocycles. The van der Waals surface area contributed by atoms with Crippen molar-refractivity contribution in [1.29, 1.82) is 0 Å². The Hall–Kier alpha value is -0.780. The Labute approximate surface area is 89.4 Å². The molecule has 0 aliphatic carbocycles. The van der Waals surface area contributed by atoms with Crippen LogP contribution in [0.3, 0.4) is 0 Å². The first-order valence-electron chi connectivity index (χ1n) is 5.63. The smallest absolute Gasteiger partial charge is 0.00113 e. The van der Waals surface area contributed by atoms with E-state index < -0.39 is 0 Å². The first-order valence-corrected chi connectivity index (χ1v) is 5.63. The molecule has 0 heteroatoms. The molecule has 0 aliphatic heterocycles. The van der Waals surface area contributed by atoms with Crippen LogP contribution in [0.1, 0.15) is 47.5 Å². The maximum Gasteiger partial charge on any atom is -0.00113 e. The largest absolute Gasteiger partial charge is 0.0911 e. The number of allylic oxidation sites excluding steroid dienone is 6. The fourth-order valence-corrected chi connectivity index (χ4v) is 1.72. The second-order valence-electron chi connectivity index (χ2n) is 3.73. The van der Waals surface area contributed by atoms with Gasteiger partial charge < -0.3 is 0 Å². The average molecular weight is 192 g/mol. The maximum absolute atomic E-state index is 2.34. The summed E-state index contributed by atoms with van der Waals surface area (Å²) in [5, 5.41) is 0. The maximum atomic E-state index is 2.34. The summed E-state index contributed by atoms with van der Waals surface area (Å²) in [6.07, 6.45) is 11.4. The lowest BCUT2D eigenvalue weighted by atomic mass is 9.93. The lowest BCUT2D eigenvalue weighted by Gasteiger charge is -2.12. The molecule has 0 N–H and O–H groups in total. The Morgan fingerprint density at radius 1 is 1.29 bits per heavy atom. The molecule has 0 aromatic heterocycles. The minimum Gasteiger partial charge on any atom is -0.0911 e. The number of hydrogen-bond donors (Lipinski definition) is 0. The molecule has 0 heterocycles. The lowest BCUT2D eigenvalue weighted by Crippen LogP contribution is -1.97. The van der Waals surface area contributed by atoms with Gasteiger partial charge in [-0.3, -0.25) is 0 Å². The van der Waals surface area contributed by atoms with Crippen LogP contribution in [0.25, 0.3) is 0 Å². The second-order valence-corrected chi connectivity index (χ2v) is 3.73. The van der Waals surface area contributed by atoms with Gasteiger partial charge in [0.05, 0.1) is 0 Å². The summed E-state index contributed by atoms with van der Waals surface area (Å²) in [4.78, 5) is 0. The van der Waals surface area contributed by atoms with Gasteiger partial charge in [0.2, 0.25) is 0 Å². The molecule has 0 spiro atoms. The molecule has 0 amide bonds. The van der Waals surface area contributed by atoms with Crippen LogP contribution in [0.15, 0.2) is 35.5 Å². The topological polar surface area (TPSA) is 0 Å². The molecule has 0 radical (unpaired) electrons. The molecular formula is C14H24. The average Bonchev–Trinajstić information content (AvgIpc) is 2.16. The van der Waals surface area contributed by atoms with Crippen LogP contribution >= 0.6 is 0 Å². The zero-order valence-electron chi connectivity index (χ0n) is 10.3. The molecule has 0 saturated carbocycles. The van der Waals surface area contributed by atoms with E-state index in [4.69, 9.17) is 0 Å². The Balaban J connectivity index is 4.57. The fraction of sp³-hybridized carbons (Fsp3) is 0.571. The molecule has 14 heavy (non-hydrogen) atoms. The highest BCUT2D eigenvalue weighted by molar-refractivity contribution is 5.32. The third-order valence-electron chi connectivity index (χ3n) is 2.48. The minimum atomic E-state index is 0.540. The molecular weight excluding hydrogens is 168 g/mol. The lowest BCUT2D eigenvalue weighted by molar-refractivity contribution is 0.857. The number of hydrogen-bond acceptors (Lipinski definition) is 0. The van der Waals surface area contributed by atoms with Gasteiger partial charge in [-0.15, -0.1) is 0 Å². The van der Waals surface area contributed by atoms with E-state index in [1.54, 1.807) is 0 Å². The Morgan fingerprint density at radius 2 is 1.93 bits per heavy atom. The Kier molecular flexibility index (Phi) is 7.18. The van der Waals surface area contributed by atoms with Crippen LogP contribution in [-0.2, 0) is 0 Å². The van der Waals surface area contributed by atoms with Gasteiger partial charge in [0, 0.05) is 0 Å². The number of unbranched alkanes of at least 4 members (excludes halogenated alkanes) is 1. The van der Waals surface area contributed by atoms with Crippen molar-refractivity contribution in [2.75, 3.05) is 0 Å². The summed E-state index contributed by atoms with van der Waals surface area (Å²) in [6, 6.07) is 0. The summed E-state index contributed by atoms with van der Waals surface area (Å²) in [7, 11) is 0. The third kappa shape index (κ3) is 4.45. The summed E-state index contributed by atoms with van der Waals surface area (Å²) in [5.41, 5.74) is 2.89. The van der Waals surface area contributed by atoms with Crippen molar-refractivity contribution < 1.29 is 0 Å². The monoisotopic (exact) mass is 192 g/mol. The zero-order valence-corrected chi connectivity index (χ0v) is 10.3. The minimum absolute atomic E-state index is 0.540. The predicted octanol–water partition coefficient (Wildman–Crippen LogP) is 4.89. The van der Waals surface area contributed by atoms with Crippen LogP contribution in [-0.4, -0.2) is 0 Å². The zero-order chi connectivity index (χ0) is 11.0. The van der Waals surface area contributed by atoms with Gasteiger partial charge >= 0.3 is 0 Å². The van der Waals surface area contributed by atoms with E-state index in [2.05, 4.69) is 58.9 Å². The molecule has 0 aromatic rings. The van der Waals surface area contributed by atoms with Crippen LogP contribution in [0, 0.1) is 5.92 Å². The van der Waals surface area contributed by atoms with Gasteiger partial charge in [-0.1, -0.05) is 50.1 Å².